The van der Waals surface area contributed by atoms with Crippen LogP contribution in [0.1, 0.15) is 19.8 Å². The van der Waals surface area contributed by atoms with Gasteiger partial charge in [-0.3, -0.25) is 10.1 Å². The molecule has 0 spiro atoms. The van der Waals surface area contributed by atoms with E-state index < -0.39 is 4.92 Å². The minimum atomic E-state index is -0.414. The molecule has 3 N–H and O–H groups in total. The topological polar surface area (TPSA) is 71.6 Å². The van der Waals surface area contributed by atoms with Crippen LogP contribution >= 0.6 is 12.2 Å². The van der Waals surface area contributed by atoms with Crippen molar-refractivity contribution in [2.45, 2.75) is 25.8 Å². The summed E-state index contributed by atoms with van der Waals surface area (Å²) in [5.41, 5.74) is 0.830. The van der Waals surface area contributed by atoms with Gasteiger partial charge in [-0.05, 0) is 31.3 Å². The van der Waals surface area contributed by atoms with Crippen LogP contribution in [0.5, 0.6) is 0 Å². The molecule has 2 atom stereocenters. The highest BCUT2D eigenvalue weighted by Crippen LogP contribution is 2.15. The van der Waals surface area contributed by atoms with Crippen LogP contribution in [0, 0.1) is 10.1 Å². The summed E-state index contributed by atoms with van der Waals surface area (Å²) in [5.74, 6) is 0. The SMILES string of the molecule is CC[NH+]1CCC[C@@H]1CNC(=S)Nc1ccc([N+](=O)[O-])cc1. The van der Waals surface area contributed by atoms with Crippen LogP contribution in [0.15, 0.2) is 24.3 Å². The van der Waals surface area contributed by atoms with E-state index in [1.54, 1.807) is 17.0 Å². The predicted molar refractivity (Wildman–Crippen MR) is 86.7 cm³/mol. The first-order chi connectivity index (χ1) is 10.1. The Morgan fingerprint density at radius 3 is 2.81 bits per heavy atom. The fourth-order valence-corrected chi connectivity index (χ4v) is 2.95. The zero-order valence-corrected chi connectivity index (χ0v) is 12.9. The van der Waals surface area contributed by atoms with Crippen LogP contribution in [0.2, 0.25) is 0 Å². The maximum Gasteiger partial charge on any atom is 0.269 e. The maximum atomic E-state index is 10.6. The molecule has 7 heteroatoms. The van der Waals surface area contributed by atoms with Crippen LogP contribution < -0.4 is 15.5 Å². The zero-order valence-electron chi connectivity index (χ0n) is 12.1. The normalized spacial score (nSPS) is 21.0. The third-order valence-corrected chi connectivity index (χ3v) is 4.17. The number of non-ortho nitro benzene ring substituents is 1. The number of nitro groups is 1. The smallest absolute Gasteiger partial charge is 0.269 e. The molecule has 1 aliphatic rings. The Morgan fingerprint density at radius 1 is 1.48 bits per heavy atom. The minimum Gasteiger partial charge on any atom is -0.356 e. The molecule has 0 bridgehead atoms. The number of rotatable bonds is 5. The lowest BCUT2D eigenvalue weighted by Crippen LogP contribution is -3.14. The van der Waals surface area contributed by atoms with Gasteiger partial charge in [0.1, 0.15) is 6.04 Å². The lowest BCUT2D eigenvalue weighted by molar-refractivity contribution is -0.909. The molecule has 114 valence electrons. The number of hydrogen-bond acceptors (Lipinski definition) is 3. The molecule has 6 nitrogen and oxygen atoms in total. The molecule has 1 heterocycles. The zero-order chi connectivity index (χ0) is 15.2. The van der Waals surface area contributed by atoms with Crippen LogP contribution in [0.4, 0.5) is 11.4 Å². The summed E-state index contributed by atoms with van der Waals surface area (Å²) in [6, 6.07) is 6.86. The molecule has 21 heavy (non-hydrogen) atoms. The molecule has 0 aliphatic carbocycles. The lowest BCUT2D eigenvalue weighted by Gasteiger charge is -2.21. The maximum absolute atomic E-state index is 10.6. The summed E-state index contributed by atoms with van der Waals surface area (Å²) < 4.78 is 0. The summed E-state index contributed by atoms with van der Waals surface area (Å²) in [4.78, 5) is 11.8. The van der Waals surface area contributed by atoms with E-state index in [2.05, 4.69) is 17.6 Å². The first-order valence-corrected chi connectivity index (χ1v) is 7.65. The summed E-state index contributed by atoms with van der Waals surface area (Å²) >= 11 is 5.26. The first kappa shape index (κ1) is 15.7. The van der Waals surface area contributed by atoms with Crippen molar-refractivity contribution in [2.24, 2.45) is 0 Å². The number of benzene rings is 1. The number of anilines is 1. The van der Waals surface area contributed by atoms with E-state index in [1.165, 1.54) is 31.5 Å². The van der Waals surface area contributed by atoms with Crippen molar-refractivity contribution in [3.8, 4) is 0 Å². The van der Waals surface area contributed by atoms with Crippen molar-refractivity contribution < 1.29 is 9.82 Å². The highest BCUT2D eigenvalue weighted by molar-refractivity contribution is 7.80. The second kappa shape index (κ2) is 7.33. The molecular weight excluding hydrogens is 288 g/mol. The number of quaternary nitrogens is 1. The highest BCUT2D eigenvalue weighted by atomic mass is 32.1. The summed E-state index contributed by atoms with van der Waals surface area (Å²) in [7, 11) is 0. The van der Waals surface area contributed by atoms with Gasteiger partial charge in [-0.2, -0.15) is 0 Å². The summed E-state index contributed by atoms with van der Waals surface area (Å²) in [5, 5.41) is 17.4. The molecule has 1 aromatic rings. The second-order valence-corrected chi connectivity index (χ2v) is 5.65. The van der Waals surface area contributed by atoms with E-state index >= 15 is 0 Å². The molecule has 0 radical (unpaired) electrons. The number of nitrogens with one attached hydrogen (secondary N) is 3. The van der Waals surface area contributed by atoms with Gasteiger partial charge >= 0.3 is 0 Å². The molecule has 0 aromatic heterocycles. The molecule has 2 rings (SSSR count). The first-order valence-electron chi connectivity index (χ1n) is 7.24. The average Bonchev–Trinajstić information content (AvgIpc) is 2.93. The lowest BCUT2D eigenvalue weighted by atomic mass is 10.2. The van der Waals surface area contributed by atoms with Crippen molar-refractivity contribution in [2.75, 3.05) is 25.0 Å². The van der Waals surface area contributed by atoms with Crippen LogP contribution in [0.3, 0.4) is 0 Å². The van der Waals surface area contributed by atoms with E-state index in [-0.39, 0.29) is 5.69 Å². The van der Waals surface area contributed by atoms with Gasteiger partial charge in [0.25, 0.3) is 5.69 Å². The van der Waals surface area contributed by atoms with Crippen LogP contribution in [-0.2, 0) is 0 Å². The van der Waals surface area contributed by atoms with Crippen LogP contribution in [-0.4, -0.2) is 35.7 Å². The minimum absolute atomic E-state index is 0.0765. The van der Waals surface area contributed by atoms with Crippen molar-refractivity contribution in [1.29, 1.82) is 0 Å². The molecule has 0 saturated carbocycles. The molecule has 1 aromatic carbocycles. The van der Waals surface area contributed by atoms with Gasteiger partial charge in [-0.25, -0.2) is 0 Å². The van der Waals surface area contributed by atoms with E-state index in [4.69, 9.17) is 12.2 Å². The third kappa shape index (κ3) is 4.37. The van der Waals surface area contributed by atoms with E-state index in [0.717, 1.165) is 18.8 Å². The Bertz CT molecular complexity index is 506. The third-order valence-electron chi connectivity index (χ3n) is 3.93. The predicted octanol–water partition coefficient (Wildman–Crippen LogP) is 0.948. The van der Waals surface area contributed by atoms with E-state index in [1.807, 2.05) is 0 Å². The van der Waals surface area contributed by atoms with Gasteiger partial charge in [-0.1, -0.05) is 0 Å². The van der Waals surface area contributed by atoms with Crippen molar-refractivity contribution >= 4 is 28.7 Å². The van der Waals surface area contributed by atoms with Crippen molar-refractivity contribution in [3.05, 3.63) is 34.4 Å². The molecule has 1 saturated heterocycles. The second-order valence-electron chi connectivity index (χ2n) is 5.24. The molecule has 1 aliphatic heterocycles. The number of hydrogen-bond donors (Lipinski definition) is 3. The number of nitrogens with zero attached hydrogens (tertiary/aromatic N) is 1. The van der Waals surface area contributed by atoms with Gasteiger partial charge in [-0.15, -0.1) is 0 Å². The highest BCUT2D eigenvalue weighted by Gasteiger charge is 2.26. The number of thiocarbonyl (C=S) groups is 1. The number of nitro benzene ring substituents is 1. The molecule has 1 fully saturated rings. The Balaban J connectivity index is 1.80. The fourth-order valence-electron chi connectivity index (χ4n) is 2.75. The van der Waals surface area contributed by atoms with E-state index in [9.17, 15) is 10.1 Å². The number of likely N-dealkylation sites (N-methyl/N-ethyl adjacent to an activating group) is 1. The van der Waals surface area contributed by atoms with Crippen molar-refractivity contribution in [1.82, 2.24) is 5.32 Å². The van der Waals surface area contributed by atoms with Gasteiger partial charge in [0.15, 0.2) is 5.11 Å². The van der Waals surface area contributed by atoms with Crippen LogP contribution in [0.25, 0.3) is 0 Å². The average molecular weight is 309 g/mol. The standard InChI is InChI=1S/C14H20N4O2S/c1-2-17-9-3-4-13(17)10-15-14(21)16-11-5-7-12(8-6-11)18(19)20/h5-8,13H,2-4,9-10H2,1H3,(H2,15,16,21)/p+1/t13-/m1/s1. The Labute approximate surface area is 129 Å². The molecular formula is C14H21N4O2S+. The largest absolute Gasteiger partial charge is 0.356 e. The van der Waals surface area contributed by atoms with E-state index in [0.29, 0.717) is 11.2 Å². The monoisotopic (exact) mass is 309 g/mol. The van der Waals surface area contributed by atoms with Crippen molar-refractivity contribution in [3.63, 3.8) is 0 Å². The summed E-state index contributed by atoms with van der Waals surface area (Å²) in [6.45, 7) is 5.46. The molecule has 1 unspecified atom stereocenters. The Kier molecular flexibility index (Phi) is 5.46. The van der Waals surface area contributed by atoms with Gasteiger partial charge in [0.05, 0.1) is 24.6 Å². The molecule has 0 amide bonds. The van der Waals surface area contributed by atoms with Gasteiger partial charge in [0.2, 0.25) is 0 Å². The summed E-state index contributed by atoms with van der Waals surface area (Å²) in [6.07, 6.45) is 2.51. The Hall–Kier alpha value is -1.73. The quantitative estimate of drug-likeness (QED) is 0.429. The Morgan fingerprint density at radius 2 is 2.19 bits per heavy atom. The fraction of sp³-hybridized carbons (Fsp3) is 0.500. The van der Waals surface area contributed by atoms with Gasteiger partial charge in [0, 0.05) is 30.7 Å². The van der Waals surface area contributed by atoms with Gasteiger partial charge < -0.3 is 15.5 Å². The number of likely N-dealkylation sites (tertiary alicyclic amines) is 1.